The zero-order chi connectivity index (χ0) is 15.7. The summed E-state index contributed by atoms with van der Waals surface area (Å²) < 4.78 is 10.1. The Balaban J connectivity index is 2.48. The molecule has 0 saturated heterocycles. The van der Waals surface area contributed by atoms with Crippen LogP contribution in [0.15, 0.2) is 0 Å². The highest BCUT2D eigenvalue weighted by Crippen LogP contribution is 2.24. The van der Waals surface area contributed by atoms with Crippen LogP contribution in [0.4, 0.5) is 0 Å². The summed E-state index contributed by atoms with van der Waals surface area (Å²) in [4.78, 5) is 35.1. The molecule has 0 bridgehead atoms. The number of esters is 2. The van der Waals surface area contributed by atoms with E-state index in [9.17, 15) is 14.4 Å². The number of ether oxygens (including phenoxy) is 2. The number of carbonyl (C=O) groups excluding carboxylic acids is 3. The lowest BCUT2D eigenvalue weighted by Gasteiger charge is -2.22. The van der Waals surface area contributed by atoms with Crippen molar-refractivity contribution in [3.8, 4) is 0 Å². The van der Waals surface area contributed by atoms with Crippen LogP contribution < -0.4 is 5.32 Å². The summed E-state index contributed by atoms with van der Waals surface area (Å²) in [5.41, 5.74) is 0. The fourth-order valence-corrected chi connectivity index (χ4v) is 2.33. The van der Waals surface area contributed by atoms with Crippen molar-refractivity contribution in [2.45, 2.75) is 58.4 Å². The second-order valence-corrected chi connectivity index (χ2v) is 5.19. The van der Waals surface area contributed by atoms with Crippen molar-refractivity contribution in [2.75, 3.05) is 13.2 Å². The summed E-state index contributed by atoms with van der Waals surface area (Å²) in [6.07, 6.45) is 5.16. The standard InChI is InChI=1S/C15H25NO5/c1-3-13(17)16-12(15(19)20-4-2)10-21-14(18)11-8-6-5-7-9-11/h11-12H,3-10H2,1-2H3,(H,16,17). The minimum atomic E-state index is -0.926. The van der Waals surface area contributed by atoms with Crippen LogP contribution in [0.5, 0.6) is 0 Å². The van der Waals surface area contributed by atoms with Crippen LogP contribution in [0.3, 0.4) is 0 Å². The summed E-state index contributed by atoms with van der Waals surface area (Å²) in [5.74, 6) is -1.21. The molecule has 6 nitrogen and oxygen atoms in total. The lowest BCUT2D eigenvalue weighted by Crippen LogP contribution is -2.45. The second kappa shape index (κ2) is 9.37. The van der Waals surface area contributed by atoms with Gasteiger partial charge in [0.05, 0.1) is 12.5 Å². The highest BCUT2D eigenvalue weighted by Gasteiger charge is 2.27. The van der Waals surface area contributed by atoms with Gasteiger partial charge in [-0.2, -0.15) is 0 Å². The van der Waals surface area contributed by atoms with Crippen LogP contribution in [0.25, 0.3) is 0 Å². The van der Waals surface area contributed by atoms with E-state index >= 15 is 0 Å². The lowest BCUT2D eigenvalue weighted by atomic mass is 9.89. The van der Waals surface area contributed by atoms with E-state index in [-0.39, 0.29) is 37.4 Å². The molecule has 1 aliphatic carbocycles. The zero-order valence-electron chi connectivity index (χ0n) is 12.9. The highest BCUT2D eigenvalue weighted by atomic mass is 16.6. The van der Waals surface area contributed by atoms with Gasteiger partial charge in [0.25, 0.3) is 0 Å². The first-order valence-corrected chi connectivity index (χ1v) is 7.71. The maximum absolute atomic E-state index is 12.0. The van der Waals surface area contributed by atoms with Crippen LogP contribution in [-0.4, -0.2) is 37.1 Å². The van der Waals surface area contributed by atoms with E-state index in [0.717, 1.165) is 32.1 Å². The molecule has 0 aromatic rings. The number of nitrogens with one attached hydrogen (secondary N) is 1. The molecule has 21 heavy (non-hydrogen) atoms. The molecule has 0 heterocycles. The first kappa shape index (κ1) is 17.5. The maximum atomic E-state index is 12.0. The smallest absolute Gasteiger partial charge is 0.332 e. The summed E-state index contributed by atoms with van der Waals surface area (Å²) in [5, 5.41) is 2.52. The molecule has 0 aromatic carbocycles. The molecule has 6 heteroatoms. The van der Waals surface area contributed by atoms with E-state index in [1.54, 1.807) is 13.8 Å². The van der Waals surface area contributed by atoms with Crippen LogP contribution >= 0.6 is 0 Å². The Kier molecular flexibility index (Phi) is 7.79. The second-order valence-electron chi connectivity index (χ2n) is 5.19. The molecular formula is C15H25NO5. The predicted molar refractivity (Wildman–Crippen MR) is 76.4 cm³/mol. The Morgan fingerprint density at radius 1 is 1.10 bits per heavy atom. The molecule has 0 radical (unpaired) electrons. The first-order valence-electron chi connectivity index (χ1n) is 7.71. The van der Waals surface area contributed by atoms with Crippen LogP contribution in [0.1, 0.15) is 52.4 Å². The van der Waals surface area contributed by atoms with Gasteiger partial charge in [0.15, 0.2) is 6.04 Å². The van der Waals surface area contributed by atoms with Gasteiger partial charge in [0, 0.05) is 6.42 Å². The van der Waals surface area contributed by atoms with Crippen LogP contribution in [-0.2, 0) is 23.9 Å². The van der Waals surface area contributed by atoms with Gasteiger partial charge < -0.3 is 14.8 Å². The Labute approximate surface area is 125 Å². The molecule has 1 amide bonds. The molecule has 1 N–H and O–H groups in total. The fourth-order valence-electron chi connectivity index (χ4n) is 2.33. The third-order valence-corrected chi connectivity index (χ3v) is 3.56. The van der Waals surface area contributed by atoms with E-state index in [1.165, 1.54) is 0 Å². The number of amides is 1. The van der Waals surface area contributed by atoms with E-state index in [4.69, 9.17) is 9.47 Å². The van der Waals surface area contributed by atoms with Crippen LogP contribution in [0.2, 0.25) is 0 Å². The normalized spacial score (nSPS) is 16.9. The molecule has 0 aliphatic heterocycles. The number of rotatable bonds is 7. The minimum absolute atomic E-state index is 0.0801. The monoisotopic (exact) mass is 299 g/mol. The van der Waals surface area contributed by atoms with Gasteiger partial charge in [-0.05, 0) is 19.8 Å². The highest BCUT2D eigenvalue weighted by molar-refractivity contribution is 5.84. The Morgan fingerprint density at radius 2 is 1.76 bits per heavy atom. The topological polar surface area (TPSA) is 81.7 Å². The van der Waals surface area contributed by atoms with Gasteiger partial charge in [-0.25, -0.2) is 4.79 Å². The van der Waals surface area contributed by atoms with Crippen molar-refractivity contribution in [2.24, 2.45) is 5.92 Å². The molecule has 1 atom stereocenters. The number of carbonyl (C=O) groups is 3. The van der Waals surface area contributed by atoms with Gasteiger partial charge >= 0.3 is 11.9 Å². The third-order valence-electron chi connectivity index (χ3n) is 3.56. The first-order chi connectivity index (χ1) is 10.1. The Morgan fingerprint density at radius 3 is 2.33 bits per heavy atom. The summed E-state index contributed by atoms with van der Waals surface area (Å²) in [6.45, 7) is 3.42. The molecule has 120 valence electrons. The van der Waals surface area contributed by atoms with Crippen molar-refractivity contribution >= 4 is 17.8 Å². The minimum Gasteiger partial charge on any atom is -0.464 e. The van der Waals surface area contributed by atoms with E-state index in [0.29, 0.717) is 0 Å². The van der Waals surface area contributed by atoms with Gasteiger partial charge in [0.1, 0.15) is 6.61 Å². The van der Waals surface area contributed by atoms with Crippen molar-refractivity contribution in [1.29, 1.82) is 0 Å². The third kappa shape index (κ3) is 6.14. The molecule has 1 unspecified atom stereocenters. The van der Waals surface area contributed by atoms with E-state index in [2.05, 4.69) is 5.32 Å². The van der Waals surface area contributed by atoms with Gasteiger partial charge in [0.2, 0.25) is 5.91 Å². The molecule has 1 fully saturated rings. The van der Waals surface area contributed by atoms with Crippen molar-refractivity contribution in [3.05, 3.63) is 0 Å². The van der Waals surface area contributed by atoms with Gasteiger partial charge in [-0.3, -0.25) is 9.59 Å². The maximum Gasteiger partial charge on any atom is 0.332 e. The molecule has 1 rings (SSSR count). The molecule has 1 saturated carbocycles. The van der Waals surface area contributed by atoms with Crippen molar-refractivity contribution < 1.29 is 23.9 Å². The lowest BCUT2D eigenvalue weighted by molar-refractivity contribution is -0.156. The molecule has 1 aliphatic rings. The SMILES string of the molecule is CCOC(=O)C(COC(=O)C1CCCCC1)NC(=O)CC. The summed E-state index contributed by atoms with van der Waals surface area (Å²) >= 11 is 0. The predicted octanol–water partition coefficient (Wildman–Crippen LogP) is 1.57. The molecular weight excluding hydrogens is 274 g/mol. The Bertz CT molecular complexity index is 363. The largest absolute Gasteiger partial charge is 0.464 e. The quantitative estimate of drug-likeness (QED) is 0.722. The van der Waals surface area contributed by atoms with Gasteiger partial charge in [-0.1, -0.05) is 26.2 Å². The van der Waals surface area contributed by atoms with Crippen molar-refractivity contribution in [1.82, 2.24) is 5.32 Å². The van der Waals surface area contributed by atoms with Gasteiger partial charge in [-0.15, -0.1) is 0 Å². The molecule has 0 spiro atoms. The fraction of sp³-hybridized carbons (Fsp3) is 0.800. The number of hydrogen-bond donors (Lipinski definition) is 1. The van der Waals surface area contributed by atoms with E-state index in [1.807, 2.05) is 0 Å². The summed E-state index contributed by atoms with van der Waals surface area (Å²) in [7, 11) is 0. The summed E-state index contributed by atoms with van der Waals surface area (Å²) in [6, 6.07) is -0.926. The van der Waals surface area contributed by atoms with E-state index < -0.39 is 12.0 Å². The van der Waals surface area contributed by atoms with Crippen LogP contribution in [0, 0.1) is 5.92 Å². The average Bonchev–Trinajstić information content (AvgIpc) is 2.51. The average molecular weight is 299 g/mol. The van der Waals surface area contributed by atoms with Crippen molar-refractivity contribution in [3.63, 3.8) is 0 Å². The zero-order valence-corrected chi connectivity index (χ0v) is 12.9. The molecule has 0 aromatic heterocycles. The Hall–Kier alpha value is -1.59. The number of hydrogen-bond acceptors (Lipinski definition) is 5.